The summed E-state index contributed by atoms with van der Waals surface area (Å²) in [6.07, 6.45) is 7.31. The number of rotatable bonds is 6. The van der Waals surface area contributed by atoms with Crippen LogP contribution in [0.15, 0.2) is 12.1 Å². The highest BCUT2D eigenvalue weighted by Gasteiger charge is 2.26. The number of hydrogen-bond acceptors (Lipinski definition) is 1. The van der Waals surface area contributed by atoms with E-state index >= 15 is 0 Å². The summed E-state index contributed by atoms with van der Waals surface area (Å²) in [7, 11) is 0. The largest absolute Gasteiger partial charge is 0.324 e. The second-order valence-corrected chi connectivity index (χ2v) is 5.67. The minimum Gasteiger partial charge on any atom is -0.324 e. The molecule has 0 aromatic heterocycles. The first-order chi connectivity index (χ1) is 8.69. The molecule has 0 spiro atoms. The molecule has 0 radical (unpaired) electrons. The van der Waals surface area contributed by atoms with Crippen molar-refractivity contribution in [2.24, 2.45) is 11.7 Å². The molecule has 100 valence electrons. The fourth-order valence-electron chi connectivity index (χ4n) is 2.95. The van der Waals surface area contributed by atoms with Crippen molar-refractivity contribution in [1.29, 1.82) is 0 Å². The van der Waals surface area contributed by atoms with Gasteiger partial charge in [-0.15, -0.1) is 0 Å². The van der Waals surface area contributed by atoms with Gasteiger partial charge in [0.1, 0.15) is 0 Å². The van der Waals surface area contributed by atoms with Crippen molar-refractivity contribution in [1.82, 2.24) is 0 Å². The van der Waals surface area contributed by atoms with Crippen molar-refractivity contribution in [2.45, 2.75) is 65.3 Å². The van der Waals surface area contributed by atoms with Gasteiger partial charge in [-0.1, -0.05) is 45.7 Å². The average molecular weight is 245 g/mol. The van der Waals surface area contributed by atoms with E-state index in [1.165, 1.54) is 41.5 Å². The summed E-state index contributed by atoms with van der Waals surface area (Å²) in [5.74, 6) is 0.903. The lowest BCUT2D eigenvalue weighted by Crippen LogP contribution is -2.16. The lowest BCUT2D eigenvalue weighted by atomic mass is 9.87. The van der Waals surface area contributed by atoms with Gasteiger partial charge in [-0.25, -0.2) is 0 Å². The van der Waals surface area contributed by atoms with Crippen LogP contribution in [-0.2, 0) is 19.3 Å². The summed E-state index contributed by atoms with van der Waals surface area (Å²) in [6, 6.07) is 5.01. The third kappa shape index (κ3) is 2.95. The normalized spacial score (nSPS) is 16.9. The first-order valence-electron chi connectivity index (χ1n) is 7.59. The molecule has 1 aromatic rings. The van der Waals surface area contributed by atoms with Crippen molar-refractivity contribution < 1.29 is 0 Å². The molecule has 1 aliphatic rings. The number of hydrogen-bond donors (Lipinski definition) is 1. The molecule has 1 unspecified atom stereocenters. The van der Waals surface area contributed by atoms with Crippen molar-refractivity contribution >= 4 is 0 Å². The Kier molecular flexibility index (Phi) is 4.45. The molecule has 0 heterocycles. The molecular weight excluding hydrogens is 218 g/mol. The van der Waals surface area contributed by atoms with Crippen LogP contribution >= 0.6 is 0 Å². The average Bonchev–Trinajstić information content (AvgIpc) is 3.20. The van der Waals surface area contributed by atoms with Crippen molar-refractivity contribution in [2.75, 3.05) is 0 Å². The third-order valence-corrected chi connectivity index (χ3v) is 4.24. The van der Waals surface area contributed by atoms with Gasteiger partial charge in [0.15, 0.2) is 0 Å². The predicted molar refractivity (Wildman–Crippen MR) is 78.8 cm³/mol. The SMILES string of the molecule is CCc1cc(CC)c(C(N)CC2CC2)c(CC)c1. The topological polar surface area (TPSA) is 26.0 Å². The predicted octanol–water partition coefficient (Wildman–Crippen LogP) is 4.17. The molecular formula is C17H27N. The van der Waals surface area contributed by atoms with E-state index in [9.17, 15) is 0 Å². The van der Waals surface area contributed by atoms with E-state index in [0.717, 1.165) is 25.2 Å². The van der Waals surface area contributed by atoms with Crippen LogP contribution in [0.3, 0.4) is 0 Å². The van der Waals surface area contributed by atoms with E-state index in [4.69, 9.17) is 5.73 Å². The molecule has 2 rings (SSSR count). The van der Waals surface area contributed by atoms with Crippen LogP contribution in [0.4, 0.5) is 0 Å². The van der Waals surface area contributed by atoms with Gasteiger partial charge in [-0.05, 0) is 53.9 Å². The Morgan fingerprint density at radius 3 is 2.00 bits per heavy atom. The molecule has 1 heteroatoms. The van der Waals surface area contributed by atoms with Crippen LogP contribution in [-0.4, -0.2) is 0 Å². The Morgan fingerprint density at radius 2 is 1.61 bits per heavy atom. The second-order valence-electron chi connectivity index (χ2n) is 5.67. The summed E-state index contributed by atoms with van der Waals surface area (Å²) in [5, 5.41) is 0. The molecule has 0 aliphatic heterocycles. The van der Waals surface area contributed by atoms with Crippen molar-refractivity contribution in [3.05, 3.63) is 34.4 Å². The molecule has 0 saturated heterocycles. The minimum absolute atomic E-state index is 0.258. The maximum absolute atomic E-state index is 6.48. The van der Waals surface area contributed by atoms with E-state index in [1.54, 1.807) is 0 Å². The quantitative estimate of drug-likeness (QED) is 0.799. The number of aryl methyl sites for hydroxylation is 3. The Labute approximate surface area is 112 Å². The van der Waals surface area contributed by atoms with Gasteiger partial charge in [-0.2, -0.15) is 0 Å². The summed E-state index contributed by atoms with van der Waals surface area (Å²) >= 11 is 0. The maximum atomic E-state index is 6.48. The highest BCUT2D eigenvalue weighted by Crippen LogP contribution is 2.38. The highest BCUT2D eigenvalue weighted by molar-refractivity contribution is 5.41. The van der Waals surface area contributed by atoms with Crippen LogP contribution in [0.2, 0.25) is 0 Å². The Hall–Kier alpha value is -0.820. The van der Waals surface area contributed by atoms with Gasteiger partial charge in [0.25, 0.3) is 0 Å². The van der Waals surface area contributed by atoms with Crippen LogP contribution in [0, 0.1) is 5.92 Å². The van der Waals surface area contributed by atoms with Gasteiger partial charge >= 0.3 is 0 Å². The molecule has 0 amide bonds. The summed E-state index contributed by atoms with van der Waals surface area (Å²) in [5.41, 5.74) is 12.4. The molecule has 1 nitrogen and oxygen atoms in total. The van der Waals surface area contributed by atoms with Gasteiger partial charge in [0, 0.05) is 6.04 Å². The summed E-state index contributed by atoms with van der Waals surface area (Å²) in [4.78, 5) is 0. The number of nitrogens with two attached hydrogens (primary N) is 1. The Morgan fingerprint density at radius 1 is 1.06 bits per heavy atom. The zero-order chi connectivity index (χ0) is 13.1. The molecule has 1 fully saturated rings. The molecule has 18 heavy (non-hydrogen) atoms. The number of benzene rings is 1. The van der Waals surface area contributed by atoms with E-state index in [2.05, 4.69) is 32.9 Å². The van der Waals surface area contributed by atoms with E-state index in [1.807, 2.05) is 0 Å². The molecule has 1 atom stereocenters. The molecule has 1 saturated carbocycles. The third-order valence-electron chi connectivity index (χ3n) is 4.24. The van der Waals surface area contributed by atoms with Crippen molar-refractivity contribution in [3.63, 3.8) is 0 Å². The first-order valence-corrected chi connectivity index (χ1v) is 7.59. The zero-order valence-corrected chi connectivity index (χ0v) is 12.1. The molecule has 2 N–H and O–H groups in total. The van der Waals surface area contributed by atoms with Gasteiger partial charge in [-0.3, -0.25) is 0 Å². The molecule has 1 aromatic carbocycles. The van der Waals surface area contributed by atoms with Crippen molar-refractivity contribution in [3.8, 4) is 0 Å². The van der Waals surface area contributed by atoms with Gasteiger partial charge in [0.05, 0.1) is 0 Å². The summed E-state index contributed by atoms with van der Waals surface area (Å²) < 4.78 is 0. The Balaban J connectivity index is 2.34. The lowest BCUT2D eigenvalue weighted by Gasteiger charge is -2.21. The second kappa shape index (κ2) is 5.88. The molecule has 0 bridgehead atoms. The smallest absolute Gasteiger partial charge is 0.0302 e. The van der Waals surface area contributed by atoms with E-state index < -0.39 is 0 Å². The monoisotopic (exact) mass is 245 g/mol. The fraction of sp³-hybridized carbons (Fsp3) is 0.647. The lowest BCUT2D eigenvalue weighted by molar-refractivity contribution is 0.588. The van der Waals surface area contributed by atoms with Crippen LogP contribution in [0.25, 0.3) is 0 Å². The zero-order valence-electron chi connectivity index (χ0n) is 12.1. The van der Waals surface area contributed by atoms with E-state index in [0.29, 0.717) is 0 Å². The maximum Gasteiger partial charge on any atom is 0.0302 e. The van der Waals surface area contributed by atoms with Gasteiger partial charge in [0.2, 0.25) is 0 Å². The van der Waals surface area contributed by atoms with Crippen LogP contribution < -0.4 is 5.73 Å². The highest BCUT2D eigenvalue weighted by atomic mass is 14.6. The fourth-order valence-corrected chi connectivity index (χ4v) is 2.95. The molecule has 1 aliphatic carbocycles. The van der Waals surface area contributed by atoms with Gasteiger partial charge < -0.3 is 5.73 Å². The Bertz CT molecular complexity index is 379. The van der Waals surface area contributed by atoms with Crippen LogP contribution in [0.5, 0.6) is 0 Å². The van der Waals surface area contributed by atoms with E-state index in [-0.39, 0.29) is 6.04 Å². The summed E-state index contributed by atoms with van der Waals surface area (Å²) in [6.45, 7) is 6.74. The standard InChI is InChI=1S/C17H27N/c1-4-12-9-14(5-2)17(15(6-3)10-12)16(18)11-13-7-8-13/h9-10,13,16H,4-8,11,18H2,1-3H3. The minimum atomic E-state index is 0.258. The van der Waals surface area contributed by atoms with Crippen LogP contribution in [0.1, 0.15) is 68.3 Å². The first kappa shape index (κ1) is 13.6.